The molecule has 0 aliphatic rings. The lowest BCUT2D eigenvalue weighted by Crippen LogP contribution is -2.14. The normalized spacial score (nSPS) is 10.4. The molecule has 0 spiro atoms. The first-order valence-electron chi connectivity index (χ1n) is 6.47. The van der Waals surface area contributed by atoms with Crippen LogP contribution in [0, 0.1) is 0 Å². The molecule has 0 aliphatic carbocycles. The average molecular weight is 314 g/mol. The molecule has 0 radical (unpaired) electrons. The van der Waals surface area contributed by atoms with Gasteiger partial charge in [-0.25, -0.2) is 9.67 Å². The molecular formula is C15H12ClN5O. The van der Waals surface area contributed by atoms with Gasteiger partial charge in [-0.05, 0) is 42.5 Å². The van der Waals surface area contributed by atoms with E-state index in [-0.39, 0.29) is 10.7 Å². The number of nitrogens with two attached hydrogens (primary N) is 1. The number of benzene rings is 1. The van der Waals surface area contributed by atoms with Gasteiger partial charge in [0.2, 0.25) is 0 Å². The second-order valence-electron chi connectivity index (χ2n) is 4.52. The van der Waals surface area contributed by atoms with E-state index in [1.165, 1.54) is 12.1 Å². The van der Waals surface area contributed by atoms with Crippen molar-refractivity contribution in [3.63, 3.8) is 0 Å². The Kier molecular flexibility index (Phi) is 3.76. The van der Waals surface area contributed by atoms with Gasteiger partial charge >= 0.3 is 0 Å². The number of carbonyl (C=O) groups excluding carboxylic acids is 1. The number of anilines is 2. The third-order valence-electron chi connectivity index (χ3n) is 3.03. The Hall–Kier alpha value is -2.86. The lowest BCUT2D eigenvalue weighted by Gasteiger charge is -2.10. The van der Waals surface area contributed by atoms with E-state index in [0.717, 1.165) is 11.4 Å². The summed E-state index contributed by atoms with van der Waals surface area (Å²) >= 11 is 5.87. The molecule has 0 aliphatic heterocycles. The molecule has 1 amide bonds. The predicted octanol–water partition coefficient (Wildman–Crippen LogP) is 2.76. The molecule has 110 valence electrons. The molecule has 0 bridgehead atoms. The zero-order valence-corrected chi connectivity index (χ0v) is 12.2. The molecule has 3 aromatic rings. The number of pyridine rings is 1. The van der Waals surface area contributed by atoms with Crippen molar-refractivity contribution in [2.45, 2.75) is 0 Å². The molecule has 0 unspecified atom stereocenters. The van der Waals surface area contributed by atoms with Crippen LogP contribution in [0.1, 0.15) is 10.4 Å². The number of carbonyl (C=O) groups is 1. The van der Waals surface area contributed by atoms with Crippen molar-refractivity contribution in [2.75, 3.05) is 5.32 Å². The Balaban J connectivity index is 1.87. The van der Waals surface area contributed by atoms with E-state index in [1.54, 1.807) is 10.9 Å². The molecule has 0 saturated carbocycles. The number of nitrogens with one attached hydrogen (secondary N) is 1. The van der Waals surface area contributed by atoms with Crippen LogP contribution in [0.2, 0.25) is 5.15 Å². The summed E-state index contributed by atoms with van der Waals surface area (Å²) in [7, 11) is 0. The summed E-state index contributed by atoms with van der Waals surface area (Å²) in [4.78, 5) is 15.5. The number of nitrogens with zero attached hydrogens (tertiary/aromatic N) is 3. The predicted molar refractivity (Wildman–Crippen MR) is 84.6 cm³/mol. The molecule has 7 heteroatoms. The Labute approximate surface area is 131 Å². The van der Waals surface area contributed by atoms with Crippen LogP contribution in [0.3, 0.4) is 0 Å². The SMILES string of the molecule is NC(=O)c1ccc(Cl)nc1Nc1ccc(-n2cccn2)cc1. The molecule has 0 atom stereocenters. The number of hydrogen-bond acceptors (Lipinski definition) is 4. The molecule has 3 rings (SSSR count). The fourth-order valence-corrected chi connectivity index (χ4v) is 2.13. The highest BCUT2D eigenvalue weighted by atomic mass is 35.5. The standard InChI is InChI=1S/C15H12ClN5O/c16-13-7-6-12(14(17)22)15(20-13)19-10-2-4-11(5-3-10)21-9-1-8-18-21/h1-9H,(H2,17,22)(H,19,20). The first kappa shape index (κ1) is 14.1. The van der Waals surface area contributed by atoms with Gasteiger partial charge in [-0.15, -0.1) is 0 Å². The van der Waals surface area contributed by atoms with Crippen molar-refractivity contribution in [3.8, 4) is 5.69 Å². The van der Waals surface area contributed by atoms with Gasteiger partial charge in [-0.1, -0.05) is 11.6 Å². The van der Waals surface area contributed by atoms with Gasteiger partial charge < -0.3 is 11.1 Å². The minimum atomic E-state index is -0.570. The van der Waals surface area contributed by atoms with E-state index in [9.17, 15) is 4.79 Å². The van der Waals surface area contributed by atoms with Gasteiger partial charge in [0.25, 0.3) is 5.91 Å². The average Bonchev–Trinajstić information content (AvgIpc) is 3.02. The number of hydrogen-bond donors (Lipinski definition) is 2. The topological polar surface area (TPSA) is 85.8 Å². The van der Waals surface area contributed by atoms with Crippen molar-refractivity contribution in [2.24, 2.45) is 5.73 Å². The maximum Gasteiger partial charge on any atom is 0.252 e. The summed E-state index contributed by atoms with van der Waals surface area (Å²) < 4.78 is 1.75. The number of aromatic nitrogens is 3. The molecular weight excluding hydrogens is 302 g/mol. The van der Waals surface area contributed by atoms with Crippen molar-refractivity contribution < 1.29 is 4.79 Å². The summed E-state index contributed by atoms with van der Waals surface area (Å²) in [5.41, 5.74) is 7.29. The maximum absolute atomic E-state index is 11.4. The first-order chi connectivity index (χ1) is 10.6. The van der Waals surface area contributed by atoms with Crippen LogP contribution in [0.15, 0.2) is 54.9 Å². The zero-order valence-electron chi connectivity index (χ0n) is 11.4. The van der Waals surface area contributed by atoms with Crippen LogP contribution in [-0.4, -0.2) is 20.7 Å². The Morgan fingerprint density at radius 3 is 2.59 bits per heavy atom. The molecule has 2 aromatic heterocycles. The lowest BCUT2D eigenvalue weighted by atomic mass is 10.2. The van der Waals surface area contributed by atoms with Crippen molar-refractivity contribution >= 4 is 29.0 Å². The highest BCUT2D eigenvalue weighted by molar-refractivity contribution is 6.29. The Bertz CT molecular complexity index is 799. The van der Waals surface area contributed by atoms with Crippen LogP contribution in [-0.2, 0) is 0 Å². The maximum atomic E-state index is 11.4. The Morgan fingerprint density at radius 1 is 1.18 bits per heavy atom. The van der Waals surface area contributed by atoms with Gasteiger partial charge in [0.15, 0.2) is 0 Å². The number of rotatable bonds is 4. The van der Waals surface area contributed by atoms with Crippen LogP contribution in [0.5, 0.6) is 0 Å². The number of halogens is 1. The summed E-state index contributed by atoms with van der Waals surface area (Å²) in [5.74, 6) is -0.244. The van der Waals surface area contributed by atoms with Crippen LogP contribution >= 0.6 is 11.6 Å². The highest BCUT2D eigenvalue weighted by Crippen LogP contribution is 2.22. The summed E-state index contributed by atoms with van der Waals surface area (Å²) in [6, 6.07) is 12.4. The summed E-state index contributed by atoms with van der Waals surface area (Å²) in [6.07, 6.45) is 3.56. The van der Waals surface area contributed by atoms with E-state index in [1.807, 2.05) is 36.5 Å². The van der Waals surface area contributed by atoms with Crippen LogP contribution in [0.25, 0.3) is 5.69 Å². The summed E-state index contributed by atoms with van der Waals surface area (Å²) in [5, 5.41) is 7.47. The second-order valence-corrected chi connectivity index (χ2v) is 4.90. The van der Waals surface area contributed by atoms with Crippen LogP contribution < -0.4 is 11.1 Å². The van der Waals surface area contributed by atoms with E-state index >= 15 is 0 Å². The second kappa shape index (κ2) is 5.87. The number of primary amides is 1. The largest absolute Gasteiger partial charge is 0.365 e. The summed E-state index contributed by atoms with van der Waals surface area (Å²) in [6.45, 7) is 0. The van der Waals surface area contributed by atoms with E-state index in [2.05, 4.69) is 15.4 Å². The molecule has 22 heavy (non-hydrogen) atoms. The zero-order chi connectivity index (χ0) is 15.5. The molecule has 2 heterocycles. The molecule has 6 nitrogen and oxygen atoms in total. The monoisotopic (exact) mass is 313 g/mol. The van der Waals surface area contributed by atoms with E-state index in [0.29, 0.717) is 5.82 Å². The fraction of sp³-hybridized carbons (Fsp3) is 0. The van der Waals surface area contributed by atoms with Gasteiger partial charge in [-0.3, -0.25) is 4.79 Å². The highest BCUT2D eigenvalue weighted by Gasteiger charge is 2.10. The molecule has 0 saturated heterocycles. The van der Waals surface area contributed by atoms with Crippen molar-refractivity contribution in [1.82, 2.24) is 14.8 Å². The third kappa shape index (κ3) is 2.91. The molecule has 1 aromatic carbocycles. The van der Waals surface area contributed by atoms with Crippen molar-refractivity contribution in [1.29, 1.82) is 0 Å². The quantitative estimate of drug-likeness (QED) is 0.725. The fourth-order valence-electron chi connectivity index (χ4n) is 1.99. The minimum Gasteiger partial charge on any atom is -0.365 e. The molecule has 0 fully saturated rings. The van der Waals surface area contributed by atoms with Crippen LogP contribution in [0.4, 0.5) is 11.5 Å². The van der Waals surface area contributed by atoms with E-state index in [4.69, 9.17) is 17.3 Å². The van der Waals surface area contributed by atoms with Crippen molar-refractivity contribution in [3.05, 3.63) is 65.6 Å². The van der Waals surface area contributed by atoms with Gasteiger partial charge in [0, 0.05) is 18.1 Å². The van der Waals surface area contributed by atoms with E-state index < -0.39 is 5.91 Å². The van der Waals surface area contributed by atoms with Gasteiger partial charge in [-0.2, -0.15) is 5.10 Å². The third-order valence-corrected chi connectivity index (χ3v) is 3.24. The number of amides is 1. The van der Waals surface area contributed by atoms with Gasteiger partial charge in [0.1, 0.15) is 11.0 Å². The first-order valence-corrected chi connectivity index (χ1v) is 6.85. The lowest BCUT2D eigenvalue weighted by molar-refractivity contribution is 0.100. The Morgan fingerprint density at radius 2 is 1.95 bits per heavy atom. The minimum absolute atomic E-state index is 0.278. The molecule has 3 N–H and O–H groups in total. The van der Waals surface area contributed by atoms with Gasteiger partial charge in [0.05, 0.1) is 11.3 Å². The smallest absolute Gasteiger partial charge is 0.252 e.